The van der Waals surface area contributed by atoms with Crippen LogP contribution in [0.25, 0.3) is 16.7 Å². The van der Waals surface area contributed by atoms with Gasteiger partial charge < -0.3 is 5.73 Å². The van der Waals surface area contributed by atoms with E-state index in [-0.39, 0.29) is 17.7 Å². The summed E-state index contributed by atoms with van der Waals surface area (Å²) in [6.07, 6.45) is 0. The fraction of sp³-hybridized carbons (Fsp3) is 0.133. The van der Waals surface area contributed by atoms with E-state index < -0.39 is 0 Å². The highest BCUT2D eigenvalue weighted by Gasteiger charge is 2.15. The molecule has 0 aliphatic heterocycles. The molecule has 0 amide bonds. The molecule has 0 spiro atoms. The molecule has 20 heavy (non-hydrogen) atoms. The van der Waals surface area contributed by atoms with Gasteiger partial charge in [-0.2, -0.15) is 0 Å². The van der Waals surface area contributed by atoms with Crippen LogP contribution in [0.5, 0.6) is 0 Å². The smallest absolute Gasteiger partial charge is 0.131 e. The highest BCUT2D eigenvalue weighted by molar-refractivity contribution is 5.78. The summed E-state index contributed by atoms with van der Waals surface area (Å²) in [6, 6.07) is 9.98. The van der Waals surface area contributed by atoms with Gasteiger partial charge in [0.25, 0.3) is 0 Å². The number of fused-ring (bicyclic) bond motifs is 1. The van der Waals surface area contributed by atoms with Gasteiger partial charge in [-0.25, -0.2) is 13.8 Å². The van der Waals surface area contributed by atoms with Gasteiger partial charge in [-0.1, -0.05) is 0 Å². The first-order chi connectivity index (χ1) is 9.56. The standard InChI is InChI=1S/C15H13F2N3/c1-9(18)15-19-13-7-4-11(17)8-14(13)20(15)12-5-2-10(16)3-6-12/h2-9H,18H2,1H3/t9-/m0/s1. The lowest BCUT2D eigenvalue weighted by Crippen LogP contribution is -2.12. The van der Waals surface area contributed by atoms with Crippen molar-refractivity contribution >= 4 is 11.0 Å². The number of imidazole rings is 1. The Morgan fingerprint density at radius 3 is 2.35 bits per heavy atom. The minimum atomic E-state index is -0.350. The largest absolute Gasteiger partial charge is 0.322 e. The van der Waals surface area contributed by atoms with Crippen LogP contribution in [0, 0.1) is 11.6 Å². The molecule has 0 fully saturated rings. The zero-order valence-corrected chi connectivity index (χ0v) is 10.8. The molecule has 3 nitrogen and oxygen atoms in total. The normalized spacial score (nSPS) is 12.8. The Labute approximate surface area is 114 Å². The van der Waals surface area contributed by atoms with Gasteiger partial charge in [0.2, 0.25) is 0 Å². The molecule has 1 aromatic heterocycles. The van der Waals surface area contributed by atoms with E-state index in [0.29, 0.717) is 22.5 Å². The lowest BCUT2D eigenvalue weighted by Gasteiger charge is -2.11. The summed E-state index contributed by atoms with van der Waals surface area (Å²) in [4.78, 5) is 4.43. The number of halogens is 2. The van der Waals surface area contributed by atoms with Crippen molar-refractivity contribution in [3.63, 3.8) is 0 Å². The van der Waals surface area contributed by atoms with Gasteiger partial charge in [-0.3, -0.25) is 4.57 Å². The molecular formula is C15H13F2N3. The second-order valence-corrected chi connectivity index (χ2v) is 4.70. The average Bonchev–Trinajstić information content (AvgIpc) is 2.78. The number of hydrogen-bond donors (Lipinski definition) is 1. The lowest BCUT2D eigenvalue weighted by molar-refractivity contribution is 0.626. The van der Waals surface area contributed by atoms with E-state index in [4.69, 9.17) is 5.73 Å². The summed E-state index contributed by atoms with van der Waals surface area (Å²) in [5.74, 6) is -0.0686. The van der Waals surface area contributed by atoms with Gasteiger partial charge in [0, 0.05) is 11.8 Å². The van der Waals surface area contributed by atoms with Crippen LogP contribution in [0.4, 0.5) is 8.78 Å². The maximum Gasteiger partial charge on any atom is 0.131 e. The first-order valence-electron chi connectivity index (χ1n) is 6.25. The fourth-order valence-electron chi connectivity index (χ4n) is 2.23. The SMILES string of the molecule is C[C@H](N)c1nc2ccc(F)cc2n1-c1ccc(F)cc1. The molecule has 3 rings (SSSR count). The topological polar surface area (TPSA) is 43.8 Å². The monoisotopic (exact) mass is 273 g/mol. The number of hydrogen-bond acceptors (Lipinski definition) is 2. The minimum absolute atomic E-state index is 0.324. The van der Waals surface area contributed by atoms with E-state index in [1.807, 2.05) is 0 Å². The predicted octanol–water partition coefficient (Wildman–Crippen LogP) is 3.32. The van der Waals surface area contributed by atoms with Crippen molar-refractivity contribution in [3.8, 4) is 5.69 Å². The van der Waals surface area contributed by atoms with Crippen molar-refractivity contribution in [1.82, 2.24) is 9.55 Å². The van der Waals surface area contributed by atoms with E-state index in [1.54, 1.807) is 29.7 Å². The molecule has 0 unspecified atom stereocenters. The van der Waals surface area contributed by atoms with Crippen LogP contribution in [0.1, 0.15) is 18.8 Å². The summed E-state index contributed by atoms with van der Waals surface area (Å²) in [5, 5.41) is 0. The van der Waals surface area contributed by atoms with Crippen LogP contribution in [0.15, 0.2) is 42.5 Å². The van der Waals surface area contributed by atoms with Crippen molar-refractivity contribution in [3.05, 3.63) is 59.9 Å². The van der Waals surface area contributed by atoms with Crippen molar-refractivity contribution in [2.75, 3.05) is 0 Å². The Bertz CT molecular complexity index is 761. The molecule has 2 N–H and O–H groups in total. The fourth-order valence-corrected chi connectivity index (χ4v) is 2.23. The molecule has 2 aromatic carbocycles. The third kappa shape index (κ3) is 2.06. The third-order valence-corrected chi connectivity index (χ3v) is 3.13. The molecule has 1 atom stereocenters. The summed E-state index contributed by atoms with van der Waals surface area (Å²) < 4.78 is 28.3. The van der Waals surface area contributed by atoms with Gasteiger partial charge in [0.05, 0.1) is 17.1 Å². The number of benzene rings is 2. The number of rotatable bonds is 2. The molecule has 0 saturated heterocycles. The van der Waals surface area contributed by atoms with Gasteiger partial charge in [0.1, 0.15) is 17.5 Å². The Kier molecular flexibility index (Phi) is 2.99. The summed E-state index contributed by atoms with van der Waals surface area (Å²) >= 11 is 0. The molecule has 0 bridgehead atoms. The summed E-state index contributed by atoms with van der Waals surface area (Å²) in [6.45, 7) is 1.80. The molecule has 0 aliphatic carbocycles. The van der Waals surface area contributed by atoms with E-state index in [1.165, 1.54) is 24.3 Å². The molecule has 102 valence electrons. The Hall–Kier alpha value is -2.27. The second kappa shape index (κ2) is 4.68. The number of nitrogens with two attached hydrogens (primary N) is 1. The number of aromatic nitrogens is 2. The first kappa shape index (κ1) is 12.7. The van der Waals surface area contributed by atoms with Crippen molar-refractivity contribution < 1.29 is 8.78 Å². The van der Waals surface area contributed by atoms with Gasteiger partial charge in [-0.05, 0) is 43.3 Å². The van der Waals surface area contributed by atoms with Gasteiger partial charge >= 0.3 is 0 Å². The van der Waals surface area contributed by atoms with Crippen LogP contribution in [0.3, 0.4) is 0 Å². The quantitative estimate of drug-likeness (QED) is 0.778. The number of nitrogens with zero attached hydrogens (tertiary/aromatic N) is 2. The van der Waals surface area contributed by atoms with Crippen molar-refractivity contribution in [2.24, 2.45) is 5.73 Å². The third-order valence-electron chi connectivity index (χ3n) is 3.13. The predicted molar refractivity (Wildman–Crippen MR) is 73.6 cm³/mol. The van der Waals surface area contributed by atoms with Crippen LogP contribution >= 0.6 is 0 Å². The van der Waals surface area contributed by atoms with E-state index in [2.05, 4.69) is 4.98 Å². The average molecular weight is 273 g/mol. The Balaban J connectivity index is 2.33. The molecule has 3 aromatic rings. The van der Waals surface area contributed by atoms with Crippen molar-refractivity contribution in [1.29, 1.82) is 0 Å². The molecule has 0 aliphatic rings. The van der Waals surface area contributed by atoms with Crippen LogP contribution in [0.2, 0.25) is 0 Å². The highest BCUT2D eigenvalue weighted by atomic mass is 19.1. The zero-order valence-electron chi connectivity index (χ0n) is 10.8. The zero-order chi connectivity index (χ0) is 14.3. The lowest BCUT2D eigenvalue weighted by atomic mass is 10.2. The Morgan fingerprint density at radius 1 is 1.05 bits per heavy atom. The maximum atomic E-state index is 13.5. The molecular weight excluding hydrogens is 260 g/mol. The molecule has 0 radical (unpaired) electrons. The van der Waals surface area contributed by atoms with Crippen LogP contribution < -0.4 is 5.73 Å². The summed E-state index contributed by atoms with van der Waals surface area (Å²) in [5.41, 5.74) is 7.90. The van der Waals surface area contributed by atoms with E-state index >= 15 is 0 Å². The van der Waals surface area contributed by atoms with Gasteiger partial charge in [-0.15, -0.1) is 0 Å². The molecule has 1 heterocycles. The van der Waals surface area contributed by atoms with Crippen LogP contribution in [-0.2, 0) is 0 Å². The second-order valence-electron chi connectivity index (χ2n) is 4.70. The first-order valence-corrected chi connectivity index (χ1v) is 6.25. The van der Waals surface area contributed by atoms with E-state index in [0.717, 1.165) is 0 Å². The Morgan fingerprint density at radius 2 is 1.70 bits per heavy atom. The molecule has 5 heteroatoms. The molecule has 0 saturated carbocycles. The minimum Gasteiger partial charge on any atom is -0.322 e. The van der Waals surface area contributed by atoms with Crippen molar-refractivity contribution in [2.45, 2.75) is 13.0 Å². The van der Waals surface area contributed by atoms with Crippen LogP contribution in [-0.4, -0.2) is 9.55 Å². The maximum absolute atomic E-state index is 13.5. The van der Waals surface area contributed by atoms with E-state index in [9.17, 15) is 8.78 Å². The summed E-state index contributed by atoms with van der Waals surface area (Å²) in [7, 11) is 0. The van der Waals surface area contributed by atoms with Gasteiger partial charge in [0.15, 0.2) is 0 Å². The highest BCUT2D eigenvalue weighted by Crippen LogP contribution is 2.25.